The van der Waals surface area contributed by atoms with E-state index in [0.29, 0.717) is 5.69 Å². The number of hydrogen-bond donors (Lipinski definition) is 1. The number of aromatic nitrogens is 3. The van der Waals surface area contributed by atoms with Crippen LogP contribution in [0.15, 0.2) is 54.7 Å². The van der Waals surface area contributed by atoms with Gasteiger partial charge in [0.15, 0.2) is 0 Å². The van der Waals surface area contributed by atoms with Crippen molar-refractivity contribution in [3.63, 3.8) is 0 Å². The lowest BCUT2D eigenvalue weighted by Gasteiger charge is -2.04. The van der Waals surface area contributed by atoms with Gasteiger partial charge in [-0.25, -0.2) is 4.98 Å². The fourth-order valence-corrected chi connectivity index (χ4v) is 3.80. The maximum Gasteiger partial charge on any atom is 0.389 e. The molecular formula is C19H15N5O3S. The van der Waals surface area contributed by atoms with E-state index in [1.807, 2.05) is 24.3 Å². The highest BCUT2D eigenvalue weighted by atomic mass is 32.1. The van der Waals surface area contributed by atoms with Crippen molar-refractivity contribution >= 4 is 39.0 Å². The Morgan fingerprint density at radius 3 is 2.71 bits per heavy atom. The third kappa shape index (κ3) is 3.74. The molecule has 0 unspecified atom stereocenters. The predicted octanol–water partition coefficient (Wildman–Crippen LogP) is 4.02. The summed E-state index contributed by atoms with van der Waals surface area (Å²) >= 11 is 1.63. The Bertz CT molecular complexity index is 1180. The van der Waals surface area contributed by atoms with Crippen LogP contribution in [0.4, 0.5) is 11.5 Å². The minimum Gasteiger partial charge on any atom is -0.358 e. The van der Waals surface area contributed by atoms with Crippen LogP contribution in [0.3, 0.4) is 0 Å². The number of nitro groups is 1. The second-order valence-corrected chi connectivity index (χ2v) is 7.27. The van der Waals surface area contributed by atoms with Crippen molar-refractivity contribution in [3.05, 3.63) is 70.4 Å². The molecule has 0 bridgehead atoms. The third-order valence-corrected chi connectivity index (χ3v) is 5.15. The summed E-state index contributed by atoms with van der Waals surface area (Å²) in [5.74, 6) is -0.607. The number of aryl methyl sites for hydroxylation is 1. The van der Waals surface area contributed by atoms with E-state index >= 15 is 0 Å². The lowest BCUT2D eigenvalue weighted by molar-refractivity contribution is -0.389. The molecule has 0 fully saturated rings. The molecule has 2 aromatic heterocycles. The van der Waals surface area contributed by atoms with Crippen LogP contribution in [0.25, 0.3) is 20.8 Å². The molecule has 0 radical (unpaired) electrons. The van der Waals surface area contributed by atoms with Crippen molar-refractivity contribution < 1.29 is 9.72 Å². The van der Waals surface area contributed by atoms with Gasteiger partial charge in [-0.3, -0.25) is 4.79 Å². The topological polar surface area (TPSA) is 103 Å². The number of carbonyl (C=O) groups excluding carboxylic acids is 1. The van der Waals surface area contributed by atoms with Crippen molar-refractivity contribution in [2.75, 3.05) is 5.32 Å². The minimum absolute atomic E-state index is 0.104. The smallest absolute Gasteiger partial charge is 0.358 e. The molecule has 0 aliphatic rings. The van der Waals surface area contributed by atoms with Crippen molar-refractivity contribution in [1.29, 1.82) is 0 Å². The van der Waals surface area contributed by atoms with E-state index in [-0.39, 0.29) is 18.3 Å². The summed E-state index contributed by atoms with van der Waals surface area (Å²) in [5.41, 5.74) is 3.77. The van der Waals surface area contributed by atoms with Crippen LogP contribution in [-0.2, 0) is 11.3 Å². The van der Waals surface area contributed by atoms with Crippen molar-refractivity contribution in [1.82, 2.24) is 14.8 Å². The number of benzene rings is 2. The zero-order chi connectivity index (χ0) is 19.7. The Morgan fingerprint density at radius 1 is 1.21 bits per heavy atom. The normalized spacial score (nSPS) is 10.9. The quantitative estimate of drug-likeness (QED) is 0.407. The van der Waals surface area contributed by atoms with Gasteiger partial charge in [-0.05, 0) is 53.8 Å². The van der Waals surface area contributed by atoms with Gasteiger partial charge in [0.25, 0.3) is 0 Å². The van der Waals surface area contributed by atoms with Crippen molar-refractivity contribution in [2.24, 2.45) is 0 Å². The van der Waals surface area contributed by atoms with E-state index < -0.39 is 4.92 Å². The lowest BCUT2D eigenvalue weighted by Crippen LogP contribution is -2.19. The summed E-state index contributed by atoms with van der Waals surface area (Å²) in [6, 6.07) is 14.8. The molecule has 28 heavy (non-hydrogen) atoms. The molecule has 2 aromatic carbocycles. The molecule has 4 aromatic rings. The molecule has 0 saturated heterocycles. The number of hydrogen-bond acceptors (Lipinski definition) is 6. The highest BCUT2D eigenvalue weighted by molar-refractivity contribution is 7.21. The first kappa shape index (κ1) is 17.8. The Labute approximate surface area is 163 Å². The molecule has 0 saturated carbocycles. The van der Waals surface area contributed by atoms with Gasteiger partial charge in [0.1, 0.15) is 11.6 Å². The molecule has 4 rings (SSSR count). The van der Waals surface area contributed by atoms with E-state index in [4.69, 9.17) is 0 Å². The first-order chi connectivity index (χ1) is 13.5. The number of thiazole rings is 1. The van der Waals surface area contributed by atoms with Crippen molar-refractivity contribution in [2.45, 2.75) is 13.5 Å². The number of rotatable bonds is 5. The van der Waals surface area contributed by atoms with Crippen LogP contribution in [0.2, 0.25) is 0 Å². The molecule has 0 atom stereocenters. The van der Waals surface area contributed by atoms with Crippen LogP contribution in [-0.4, -0.2) is 25.6 Å². The summed E-state index contributed by atoms with van der Waals surface area (Å²) in [7, 11) is 0. The van der Waals surface area contributed by atoms with Crippen LogP contribution < -0.4 is 5.32 Å². The fourth-order valence-electron chi connectivity index (χ4n) is 2.74. The van der Waals surface area contributed by atoms with Gasteiger partial charge in [-0.2, -0.15) is 4.68 Å². The van der Waals surface area contributed by atoms with E-state index in [0.717, 1.165) is 20.8 Å². The fraction of sp³-hybridized carbons (Fsp3) is 0.105. The average molecular weight is 393 g/mol. The standard InChI is InChI=1S/C19H15N5O3S/c1-12-2-7-15-16(10-12)28-19(21-15)13-3-5-14(6-4-13)20-18(25)11-23-9-8-17(22-23)24(26)27/h2-10H,11H2,1H3,(H,20,25). The lowest BCUT2D eigenvalue weighted by atomic mass is 10.2. The average Bonchev–Trinajstić information content (AvgIpc) is 3.29. The van der Waals surface area contributed by atoms with E-state index in [9.17, 15) is 14.9 Å². The van der Waals surface area contributed by atoms with Crippen LogP contribution in [0, 0.1) is 17.0 Å². The van der Waals surface area contributed by atoms with Crippen LogP contribution in [0.5, 0.6) is 0 Å². The summed E-state index contributed by atoms with van der Waals surface area (Å²) in [6.45, 7) is 1.95. The second kappa shape index (κ2) is 7.20. The first-order valence-corrected chi connectivity index (χ1v) is 9.25. The molecule has 1 N–H and O–H groups in total. The molecule has 8 nitrogen and oxygen atoms in total. The van der Waals surface area contributed by atoms with E-state index in [1.165, 1.54) is 22.5 Å². The number of nitrogens with one attached hydrogen (secondary N) is 1. The Kier molecular flexibility index (Phi) is 4.58. The number of carbonyl (C=O) groups is 1. The van der Waals surface area contributed by atoms with Crippen molar-refractivity contribution in [3.8, 4) is 10.6 Å². The largest absolute Gasteiger partial charge is 0.389 e. The number of fused-ring (bicyclic) bond motifs is 1. The Hall–Kier alpha value is -3.59. The number of anilines is 1. The monoisotopic (exact) mass is 393 g/mol. The van der Waals surface area contributed by atoms with E-state index in [2.05, 4.69) is 28.4 Å². The van der Waals surface area contributed by atoms with Gasteiger partial charge in [-0.1, -0.05) is 6.07 Å². The molecule has 0 aliphatic carbocycles. The van der Waals surface area contributed by atoms with Crippen LogP contribution >= 0.6 is 11.3 Å². The highest BCUT2D eigenvalue weighted by Gasteiger charge is 2.13. The highest BCUT2D eigenvalue weighted by Crippen LogP contribution is 2.31. The number of nitrogens with zero attached hydrogens (tertiary/aromatic N) is 4. The molecular weight excluding hydrogens is 378 g/mol. The maximum atomic E-state index is 12.1. The maximum absolute atomic E-state index is 12.1. The molecule has 0 spiro atoms. The molecule has 2 heterocycles. The summed E-state index contributed by atoms with van der Waals surface area (Å²) in [4.78, 5) is 26.8. The van der Waals surface area contributed by atoms with Gasteiger partial charge in [0, 0.05) is 11.3 Å². The van der Waals surface area contributed by atoms with Gasteiger partial charge in [0.05, 0.1) is 27.6 Å². The number of amides is 1. The van der Waals surface area contributed by atoms with E-state index in [1.54, 1.807) is 23.5 Å². The van der Waals surface area contributed by atoms with Gasteiger partial charge >= 0.3 is 5.82 Å². The van der Waals surface area contributed by atoms with Gasteiger partial charge < -0.3 is 15.4 Å². The molecule has 1 amide bonds. The molecule has 9 heteroatoms. The zero-order valence-corrected chi connectivity index (χ0v) is 15.6. The third-order valence-electron chi connectivity index (χ3n) is 4.08. The summed E-state index contributed by atoms with van der Waals surface area (Å²) in [6.07, 6.45) is 1.40. The molecule has 140 valence electrons. The summed E-state index contributed by atoms with van der Waals surface area (Å²) in [5, 5.41) is 18.0. The minimum atomic E-state index is -0.601. The molecule has 0 aliphatic heterocycles. The Balaban J connectivity index is 1.44. The summed E-state index contributed by atoms with van der Waals surface area (Å²) < 4.78 is 2.37. The van der Waals surface area contributed by atoms with Crippen LogP contribution in [0.1, 0.15) is 5.56 Å². The van der Waals surface area contributed by atoms with Gasteiger partial charge in [0.2, 0.25) is 5.91 Å². The zero-order valence-electron chi connectivity index (χ0n) is 14.8. The Morgan fingerprint density at radius 2 is 2.00 bits per heavy atom. The predicted molar refractivity (Wildman–Crippen MR) is 107 cm³/mol. The SMILES string of the molecule is Cc1ccc2nc(-c3ccc(NC(=O)Cn4ccc([N+](=O)[O-])n4)cc3)sc2c1. The second-order valence-electron chi connectivity index (χ2n) is 6.24. The first-order valence-electron chi connectivity index (χ1n) is 8.43. The van der Waals surface area contributed by atoms with Gasteiger partial charge in [-0.15, -0.1) is 11.3 Å².